The van der Waals surface area contributed by atoms with Gasteiger partial charge in [0.1, 0.15) is 12.7 Å². The Balaban J connectivity index is 2.50. The first-order valence-corrected chi connectivity index (χ1v) is 3.67. The van der Waals surface area contributed by atoms with E-state index >= 15 is 0 Å². The zero-order valence-electron chi connectivity index (χ0n) is 6.77. The van der Waals surface area contributed by atoms with E-state index in [2.05, 4.69) is 10.1 Å². The van der Waals surface area contributed by atoms with Crippen LogP contribution in [-0.4, -0.2) is 38.0 Å². The summed E-state index contributed by atoms with van der Waals surface area (Å²) in [5.41, 5.74) is -1.89. The average molecular weight is 179 g/mol. The summed E-state index contributed by atoms with van der Waals surface area (Å²) < 4.78 is 29.6. The summed E-state index contributed by atoms with van der Waals surface area (Å²) in [5, 5.41) is 2.56. The van der Waals surface area contributed by atoms with Crippen LogP contribution in [-0.2, 0) is 9.53 Å². The highest BCUT2D eigenvalue weighted by Gasteiger charge is 2.42. The Kier molecular flexibility index (Phi) is 2.62. The van der Waals surface area contributed by atoms with Crippen LogP contribution < -0.4 is 5.32 Å². The summed E-state index contributed by atoms with van der Waals surface area (Å²) >= 11 is 0. The van der Waals surface area contributed by atoms with Crippen LogP contribution in [0.1, 0.15) is 6.42 Å². The molecule has 1 aliphatic heterocycles. The lowest BCUT2D eigenvalue weighted by Crippen LogP contribution is -2.31. The van der Waals surface area contributed by atoms with E-state index < -0.39 is 24.4 Å². The van der Waals surface area contributed by atoms with Crippen molar-refractivity contribution in [3.05, 3.63) is 0 Å². The van der Waals surface area contributed by atoms with E-state index in [9.17, 15) is 13.6 Å². The third-order valence-corrected chi connectivity index (χ3v) is 1.96. The van der Waals surface area contributed by atoms with Crippen molar-refractivity contribution in [2.24, 2.45) is 0 Å². The standard InChI is InChI=1S/C7H11F2NO2/c1-12-6(11)5-2-7(9,3-8)4-10-5/h5,10H,2-4H2,1H3/t5?,7-/m0/s1. The molecule has 5 heteroatoms. The molecule has 0 amide bonds. The average Bonchev–Trinajstić information content (AvgIpc) is 2.48. The minimum absolute atomic E-state index is 0.122. The number of hydrogen-bond donors (Lipinski definition) is 1. The van der Waals surface area contributed by atoms with E-state index in [1.807, 2.05) is 0 Å². The molecule has 1 unspecified atom stereocenters. The minimum Gasteiger partial charge on any atom is -0.468 e. The molecule has 1 fully saturated rings. The zero-order valence-corrected chi connectivity index (χ0v) is 6.77. The molecule has 70 valence electrons. The summed E-state index contributed by atoms with van der Waals surface area (Å²) in [6.45, 7) is -1.18. The normalized spacial score (nSPS) is 35.1. The van der Waals surface area contributed by atoms with Crippen LogP contribution in [0.2, 0.25) is 0 Å². The lowest BCUT2D eigenvalue weighted by Gasteiger charge is -2.12. The van der Waals surface area contributed by atoms with E-state index in [0.717, 1.165) is 0 Å². The second-order valence-corrected chi connectivity index (χ2v) is 2.95. The highest BCUT2D eigenvalue weighted by Crippen LogP contribution is 2.24. The van der Waals surface area contributed by atoms with Gasteiger partial charge < -0.3 is 10.1 Å². The molecule has 1 heterocycles. The second kappa shape index (κ2) is 3.35. The monoisotopic (exact) mass is 179 g/mol. The van der Waals surface area contributed by atoms with Crippen molar-refractivity contribution in [3.8, 4) is 0 Å². The van der Waals surface area contributed by atoms with Gasteiger partial charge in [-0.05, 0) is 0 Å². The van der Waals surface area contributed by atoms with Crippen molar-refractivity contribution in [2.75, 3.05) is 20.3 Å². The number of hydrogen-bond acceptors (Lipinski definition) is 3. The first-order valence-electron chi connectivity index (χ1n) is 3.67. The van der Waals surface area contributed by atoms with Crippen LogP contribution in [0.3, 0.4) is 0 Å². The van der Waals surface area contributed by atoms with Gasteiger partial charge in [0.15, 0.2) is 5.67 Å². The van der Waals surface area contributed by atoms with Crippen LogP contribution in [0.15, 0.2) is 0 Å². The summed E-state index contributed by atoms with van der Waals surface area (Å²) in [6, 6.07) is -0.698. The molecule has 2 atom stereocenters. The number of halogens is 2. The van der Waals surface area contributed by atoms with Crippen molar-refractivity contribution in [3.63, 3.8) is 0 Å². The van der Waals surface area contributed by atoms with Gasteiger partial charge in [-0.15, -0.1) is 0 Å². The lowest BCUT2D eigenvalue weighted by molar-refractivity contribution is -0.142. The van der Waals surface area contributed by atoms with Gasteiger partial charge in [-0.1, -0.05) is 0 Å². The summed E-state index contributed by atoms with van der Waals surface area (Å²) in [7, 11) is 1.22. The maximum Gasteiger partial charge on any atom is 0.322 e. The Morgan fingerprint density at radius 2 is 2.50 bits per heavy atom. The highest BCUT2D eigenvalue weighted by atomic mass is 19.2. The van der Waals surface area contributed by atoms with Gasteiger partial charge in [-0.2, -0.15) is 0 Å². The number of carbonyl (C=O) groups is 1. The van der Waals surface area contributed by atoms with Crippen LogP contribution in [0.5, 0.6) is 0 Å². The predicted molar refractivity (Wildman–Crippen MR) is 38.2 cm³/mol. The van der Waals surface area contributed by atoms with Gasteiger partial charge in [-0.3, -0.25) is 4.79 Å². The molecule has 0 aromatic heterocycles. The van der Waals surface area contributed by atoms with Crippen molar-refractivity contribution < 1.29 is 18.3 Å². The fourth-order valence-electron chi connectivity index (χ4n) is 1.23. The predicted octanol–water partition coefficient (Wildman–Crippen LogP) is 0.199. The van der Waals surface area contributed by atoms with E-state index in [4.69, 9.17) is 0 Å². The van der Waals surface area contributed by atoms with Crippen LogP contribution in [0.4, 0.5) is 8.78 Å². The largest absolute Gasteiger partial charge is 0.468 e. The quantitative estimate of drug-likeness (QED) is 0.615. The molecular formula is C7H11F2NO2. The van der Waals surface area contributed by atoms with E-state index in [1.165, 1.54) is 7.11 Å². The number of methoxy groups -OCH3 is 1. The molecule has 0 aromatic carbocycles. The fourth-order valence-corrected chi connectivity index (χ4v) is 1.23. The second-order valence-electron chi connectivity index (χ2n) is 2.95. The van der Waals surface area contributed by atoms with Crippen molar-refractivity contribution >= 4 is 5.97 Å². The Morgan fingerprint density at radius 3 is 2.92 bits per heavy atom. The van der Waals surface area contributed by atoms with E-state index in [-0.39, 0.29) is 13.0 Å². The Bertz CT molecular complexity index is 188. The van der Waals surface area contributed by atoms with Gasteiger partial charge in [0.25, 0.3) is 0 Å². The number of nitrogens with one attached hydrogen (secondary N) is 1. The minimum atomic E-state index is -1.89. The first-order chi connectivity index (χ1) is 5.61. The zero-order chi connectivity index (χ0) is 9.19. The van der Waals surface area contributed by atoms with Crippen LogP contribution in [0.25, 0.3) is 0 Å². The van der Waals surface area contributed by atoms with Crippen molar-refractivity contribution in [1.29, 1.82) is 0 Å². The molecule has 0 bridgehead atoms. The molecule has 12 heavy (non-hydrogen) atoms. The van der Waals surface area contributed by atoms with Gasteiger partial charge in [0.05, 0.1) is 7.11 Å². The van der Waals surface area contributed by atoms with Crippen molar-refractivity contribution in [2.45, 2.75) is 18.1 Å². The lowest BCUT2D eigenvalue weighted by atomic mass is 10.0. The smallest absolute Gasteiger partial charge is 0.322 e. The van der Waals surface area contributed by atoms with Crippen LogP contribution in [0, 0.1) is 0 Å². The molecule has 0 radical (unpaired) electrons. The number of ether oxygens (including phenoxy) is 1. The molecule has 1 N–H and O–H groups in total. The number of carbonyl (C=O) groups excluding carboxylic acids is 1. The molecule has 3 nitrogen and oxygen atoms in total. The molecule has 0 saturated carbocycles. The van der Waals surface area contributed by atoms with Gasteiger partial charge in [-0.25, -0.2) is 8.78 Å². The molecule has 0 aromatic rings. The third kappa shape index (κ3) is 1.72. The summed E-state index contributed by atoms with van der Waals surface area (Å²) in [5.74, 6) is -0.539. The maximum absolute atomic E-state index is 13.1. The Labute approximate surface area is 69.1 Å². The highest BCUT2D eigenvalue weighted by molar-refractivity contribution is 5.76. The molecule has 0 spiro atoms. The topological polar surface area (TPSA) is 38.3 Å². The van der Waals surface area contributed by atoms with Gasteiger partial charge in [0.2, 0.25) is 0 Å². The van der Waals surface area contributed by atoms with Gasteiger partial charge in [0, 0.05) is 13.0 Å². The summed E-state index contributed by atoms with van der Waals surface area (Å²) in [4.78, 5) is 10.8. The third-order valence-electron chi connectivity index (χ3n) is 1.96. The summed E-state index contributed by atoms with van der Waals surface area (Å²) in [6.07, 6.45) is -0.143. The SMILES string of the molecule is COC(=O)C1C[C@](F)(CF)CN1. The number of rotatable bonds is 2. The van der Waals surface area contributed by atoms with E-state index in [1.54, 1.807) is 0 Å². The molecule has 1 rings (SSSR count). The Hall–Kier alpha value is -0.710. The molecule has 1 aliphatic rings. The fraction of sp³-hybridized carbons (Fsp3) is 0.857. The van der Waals surface area contributed by atoms with Crippen LogP contribution >= 0.6 is 0 Å². The molecular weight excluding hydrogens is 168 g/mol. The Morgan fingerprint density at radius 1 is 1.83 bits per heavy atom. The first kappa shape index (κ1) is 9.38. The van der Waals surface area contributed by atoms with E-state index in [0.29, 0.717) is 0 Å². The van der Waals surface area contributed by atoms with Crippen molar-refractivity contribution in [1.82, 2.24) is 5.32 Å². The molecule has 0 aliphatic carbocycles. The number of alkyl halides is 2. The number of esters is 1. The molecule has 1 saturated heterocycles. The maximum atomic E-state index is 13.1. The van der Waals surface area contributed by atoms with Gasteiger partial charge >= 0.3 is 5.97 Å².